The van der Waals surface area contributed by atoms with Crippen LogP contribution in [0.3, 0.4) is 0 Å². The summed E-state index contributed by atoms with van der Waals surface area (Å²) in [5.41, 5.74) is 5.12. The molecule has 49 heavy (non-hydrogen) atoms. The Labute approximate surface area is 293 Å². The molecule has 1 amide bonds. The number of carbonyl (C=O) groups excluding carboxylic acids is 1. The van der Waals surface area contributed by atoms with E-state index >= 15 is 0 Å². The third kappa shape index (κ3) is 9.36. The Kier molecular flexibility index (Phi) is 12.6. The number of ether oxygens (including phenoxy) is 2. The van der Waals surface area contributed by atoms with E-state index in [9.17, 15) is 10.1 Å². The highest BCUT2D eigenvalue weighted by molar-refractivity contribution is 7.94. The van der Waals surface area contributed by atoms with Crippen molar-refractivity contribution in [1.82, 2.24) is 4.90 Å². The van der Waals surface area contributed by atoms with E-state index < -0.39 is 11.7 Å². The van der Waals surface area contributed by atoms with Crippen molar-refractivity contribution in [2.24, 2.45) is 0 Å². The van der Waals surface area contributed by atoms with Crippen LogP contribution in [0.15, 0.2) is 93.9 Å². The number of anilines is 1. The van der Waals surface area contributed by atoms with Gasteiger partial charge in [0.05, 0.1) is 17.5 Å². The summed E-state index contributed by atoms with van der Waals surface area (Å²) in [4.78, 5) is 17.2. The van der Waals surface area contributed by atoms with Gasteiger partial charge in [0.15, 0.2) is 12.3 Å². The predicted molar refractivity (Wildman–Crippen MR) is 190 cm³/mol. The summed E-state index contributed by atoms with van der Waals surface area (Å²) >= 11 is 0.997. The molecule has 0 atom stereocenters. The minimum atomic E-state index is -0.638. The van der Waals surface area contributed by atoms with Crippen LogP contribution < -0.4 is 19.5 Å². The number of para-hydroxylation sites is 4. The number of likely N-dealkylation sites (N-methyl/N-ethyl adjacent to an activating group) is 1. The monoisotopic (exact) mass is 689 g/mol. The number of hydrogen-bond donors (Lipinski definition) is 0. The maximum Gasteiger partial charge on any atom is 0.414 e. The second-order valence-electron chi connectivity index (χ2n) is 13.1. The lowest BCUT2D eigenvalue weighted by molar-refractivity contribution is -0.777. The number of amides is 1. The van der Waals surface area contributed by atoms with Crippen molar-refractivity contribution < 1.29 is 37.9 Å². The van der Waals surface area contributed by atoms with E-state index in [1.54, 1.807) is 11.9 Å². The van der Waals surface area contributed by atoms with Crippen LogP contribution in [0.25, 0.3) is 17.2 Å². The van der Waals surface area contributed by atoms with E-state index in [-0.39, 0.29) is 0 Å². The molecule has 0 radical (unpaired) electrons. The Bertz CT molecular complexity index is 1720. The van der Waals surface area contributed by atoms with Crippen molar-refractivity contribution in [3.05, 3.63) is 95.4 Å². The molecule has 0 saturated heterocycles. The van der Waals surface area contributed by atoms with Crippen LogP contribution in [0.2, 0.25) is 0 Å². The van der Waals surface area contributed by atoms with Gasteiger partial charge in [-0.15, -0.1) is 0 Å². The summed E-state index contributed by atoms with van der Waals surface area (Å²) in [5.74, 6) is 2.91. The first kappa shape index (κ1) is 36.3. The van der Waals surface area contributed by atoms with Crippen molar-refractivity contribution in [3.8, 4) is 5.75 Å². The topological polar surface area (TPSA) is 101 Å². The number of carbonyl (C=O) groups is 1. The summed E-state index contributed by atoms with van der Waals surface area (Å²) in [6.45, 7) is 9.40. The predicted octanol–water partition coefficient (Wildman–Crippen LogP) is 8.16. The fourth-order valence-electron chi connectivity index (χ4n) is 6.05. The Morgan fingerprint density at radius 2 is 1.84 bits per heavy atom. The Balaban J connectivity index is 1.46. The number of aryl methyl sites for hydroxylation is 1. The quantitative estimate of drug-likeness (QED) is 0.0514. The third-order valence-corrected chi connectivity index (χ3v) is 8.93. The van der Waals surface area contributed by atoms with Gasteiger partial charge in [-0.3, -0.25) is 9.94 Å². The maximum absolute atomic E-state index is 13.4. The highest BCUT2D eigenvalue weighted by atomic mass is 32.2. The molecule has 2 aliphatic rings. The molecule has 2 heterocycles. The lowest BCUT2D eigenvalue weighted by Crippen LogP contribution is -2.35. The van der Waals surface area contributed by atoms with Crippen molar-refractivity contribution >= 4 is 41.0 Å². The summed E-state index contributed by atoms with van der Waals surface area (Å²) in [6, 6.07) is 16.1. The Morgan fingerprint density at radius 1 is 1.04 bits per heavy atom. The first-order chi connectivity index (χ1) is 23.7. The molecule has 11 heteroatoms. The van der Waals surface area contributed by atoms with Gasteiger partial charge in [0, 0.05) is 43.9 Å². The zero-order chi connectivity index (χ0) is 34.8. The molecule has 0 fully saturated rings. The maximum atomic E-state index is 13.4. The number of hydrogen-bond acceptors (Lipinski definition) is 9. The van der Waals surface area contributed by atoms with Crippen LogP contribution in [0.1, 0.15) is 78.5 Å². The molecule has 1 aliphatic carbocycles. The number of unbranched alkanes of at least 4 members (excludes halogenated alkanes) is 3. The molecule has 0 bridgehead atoms. The molecule has 0 saturated carbocycles. The molecule has 0 spiro atoms. The average Bonchev–Trinajstić information content (AvgIpc) is 3.76. The first-order valence-electron chi connectivity index (χ1n) is 17.0. The van der Waals surface area contributed by atoms with Gasteiger partial charge in [-0.05, 0) is 94.4 Å². The minimum Gasteiger partial charge on any atom is -0.691 e. The summed E-state index contributed by atoms with van der Waals surface area (Å²) in [5, 5.41) is 13.5. The zero-order valence-corrected chi connectivity index (χ0v) is 29.9. The number of rotatable bonds is 15. The van der Waals surface area contributed by atoms with Crippen LogP contribution >= 0.6 is 12.0 Å². The van der Waals surface area contributed by atoms with Gasteiger partial charge in [-0.25, -0.2) is 4.79 Å². The number of allylic oxidation sites excluding steroid dienone is 5. The second kappa shape index (κ2) is 17.1. The average molecular weight is 690 g/mol. The van der Waals surface area contributed by atoms with Crippen molar-refractivity contribution in [2.45, 2.75) is 84.8 Å². The molecule has 262 valence electrons. The highest BCUT2D eigenvalue weighted by Gasteiger charge is 2.30. The molecule has 0 unspecified atom stereocenters. The number of oxazole rings is 1. The molecule has 5 rings (SSSR count). The second-order valence-corrected chi connectivity index (χ2v) is 13.9. The summed E-state index contributed by atoms with van der Waals surface area (Å²) in [7, 11) is 1.77. The van der Waals surface area contributed by atoms with Crippen LogP contribution in [-0.4, -0.2) is 35.9 Å². The Morgan fingerprint density at radius 3 is 2.63 bits per heavy atom. The van der Waals surface area contributed by atoms with Crippen LogP contribution in [-0.2, 0) is 20.7 Å². The number of aromatic nitrogens is 1. The van der Waals surface area contributed by atoms with Gasteiger partial charge in [-0.1, -0.05) is 43.7 Å². The molecule has 2 aromatic carbocycles. The first-order valence-corrected chi connectivity index (χ1v) is 17.9. The number of fused-ring (bicyclic) bond motifs is 2. The van der Waals surface area contributed by atoms with E-state index in [1.807, 2.05) is 81.5 Å². The highest BCUT2D eigenvalue weighted by Crippen LogP contribution is 2.40. The van der Waals surface area contributed by atoms with Gasteiger partial charge in [0.2, 0.25) is 11.5 Å². The Hall–Kier alpha value is -4.03. The lowest BCUT2D eigenvalue weighted by Gasteiger charge is -2.26. The van der Waals surface area contributed by atoms with Crippen molar-refractivity contribution in [3.63, 3.8) is 0 Å². The van der Waals surface area contributed by atoms with E-state index in [4.69, 9.17) is 13.9 Å². The third-order valence-electron chi connectivity index (χ3n) is 8.32. The van der Waals surface area contributed by atoms with E-state index in [0.717, 1.165) is 115 Å². The van der Waals surface area contributed by atoms with Gasteiger partial charge in [0.1, 0.15) is 5.60 Å². The van der Waals surface area contributed by atoms with Gasteiger partial charge >= 0.3 is 12.0 Å². The van der Waals surface area contributed by atoms with E-state index in [0.29, 0.717) is 11.6 Å². The van der Waals surface area contributed by atoms with Crippen molar-refractivity contribution in [2.75, 3.05) is 24.2 Å². The molecule has 3 aromatic rings. The van der Waals surface area contributed by atoms with Gasteiger partial charge < -0.3 is 24.0 Å². The molecule has 10 nitrogen and oxygen atoms in total. The molecular weight excluding hydrogens is 642 g/mol. The number of benzene rings is 2. The summed E-state index contributed by atoms with van der Waals surface area (Å²) in [6.07, 6.45) is 14.2. The summed E-state index contributed by atoms with van der Waals surface area (Å²) < 4.78 is 25.0. The zero-order valence-electron chi connectivity index (χ0n) is 29.1. The largest absolute Gasteiger partial charge is 0.691 e. The number of nitrogens with zero attached hydrogens (tertiary/aromatic N) is 3. The van der Waals surface area contributed by atoms with Gasteiger partial charge in [0.25, 0.3) is 5.52 Å². The van der Waals surface area contributed by atoms with Gasteiger partial charge in [-0.2, -0.15) is 8.90 Å². The molecule has 0 N–H and O–H groups in total. The molecule has 1 aliphatic heterocycles. The van der Waals surface area contributed by atoms with Crippen LogP contribution in [0.5, 0.6) is 5.75 Å². The van der Waals surface area contributed by atoms with Crippen molar-refractivity contribution in [1.29, 1.82) is 0 Å². The minimum absolute atomic E-state index is 0.414. The van der Waals surface area contributed by atoms with E-state index in [1.165, 1.54) is 0 Å². The van der Waals surface area contributed by atoms with Crippen LogP contribution in [0.4, 0.5) is 10.5 Å². The molecule has 1 aromatic heterocycles. The normalized spacial score (nSPS) is 16.4. The SMILES string of the molecule is CCCCC[n+]1c(C=CC2=C(N(C)C(=O)OC(C)(C)C)C(=CC=C3Oc4ccccc4N3CCCCSOO[O-])CC2)oc2ccccc21. The fraction of sp³-hybridized carbons (Fsp3) is 0.421. The molecular formula is C38H47N3O7S. The standard InChI is InChI=1S/C38H47N3O7S/c1-6-7-12-25-40-30-15-8-10-17-32(30)44-34(40)23-21-28-19-20-29(36(28)39(5)37(42)46-38(2,3)4)22-24-35-41(26-13-14-27-49-48-47-43)31-16-9-11-18-33(31)45-35/h8-11,15-18,21-24H,6-7,12-14,19-20,25-27H2,1-5H3. The smallest absolute Gasteiger partial charge is 0.414 e. The van der Waals surface area contributed by atoms with E-state index in [2.05, 4.69) is 37.9 Å². The fourth-order valence-corrected chi connectivity index (χ4v) is 6.48. The lowest BCUT2D eigenvalue weighted by atomic mass is 10.1. The van der Waals surface area contributed by atoms with Crippen LogP contribution in [0, 0.1) is 0 Å².